The second-order valence-electron chi connectivity index (χ2n) is 7.45. The van der Waals surface area contributed by atoms with Crippen LogP contribution >= 0.6 is 0 Å². The van der Waals surface area contributed by atoms with E-state index in [4.69, 9.17) is 9.72 Å². The van der Waals surface area contributed by atoms with Crippen LogP contribution in [0.15, 0.2) is 54.6 Å². The molecule has 1 saturated heterocycles. The highest BCUT2D eigenvalue weighted by Gasteiger charge is 2.22. The van der Waals surface area contributed by atoms with Crippen molar-refractivity contribution < 1.29 is 9.53 Å². The van der Waals surface area contributed by atoms with E-state index in [0.717, 1.165) is 33.8 Å². The summed E-state index contributed by atoms with van der Waals surface area (Å²) >= 11 is 0. The van der Waals surface area contributed by atoms with E-state index in [2.05, 4.69) is 33.2 Å². The molecule has 6 heteroatoms. The Morgan fingerprint density at radius 3 is 2.45 bits per heavy atom. The second kappa shape index (κ2) is 7.37. The van der Waals surface area contributed by atoms with Crippen LogP contribution in [0.2, 0.25) is 0 Å². The van der Waals surface area contributed by atoms with E-state index in [1.165, 1.54) is 0 Å². The van der Waals surface area contributed by atoms with Gasteiger partial charge in [0, 0.05) is 32.1 Å². The number of fused-ring (bicyclic) bond motifs is 3. The molecule has 0 N–H and O–H groups in total. The van der Waals surface area contributed by atoms with Crippen LogP contribution in [0.1, 0.15) is 12.1 Å². The van der Waals surface area contributed by atoms with E-state index in [9.17, 15) is 4.79 Å². The van der Waals surface area contributed by atoms with E-state index in [0.29, 0.717) is 39.1 Å². The lowest BCUT2D eigenvalue weighted by Crippen LogP contribution is -2.40. The Hall–Kier alpha value is -3.12. The highest BCUT2D eigenvalue weighted by atomic mass is 16.5. The van der Waals surface area contributed by atoms with E-state index in [1.54, 1.807) is 0 Å². The number of rotatable bonds is 4. The molecule has 6 nitrogen and oxygen atoms in total. The first-order chi connectivity index (χ1) is 14.2. The molecule has 0 unspecified atom stereocenters. The minimum Gasteiger partial charge on any atom is -0.378 e. The summed E-state index contributed by atoms with van der Waals surface area (Å²) < 4.78 is 9.71. The van der Waals surface area contributed by atoms with Crippen LogP contribution in [-0.2, 0) is 23.0 Å². The molecule has 5 rings (SSSR count). The van der Waals surface area contributed by atoms with Gasteiger partial charge in [-0.2, -0.15) is 0 Å². The smallest absolute Gasteiger partial charge is 0.223 e. The molecule has 0 radical (unpaired) electrons. The maximum atomic E-state index is 12.8. The fraction of sp³-hybridized carbons (Fsp3) is 0.304. The number of carbonyl (C=O) groups is 1. The van der Waals surface area contributed by atoms with E-state index >= 15 is 0 Å². The number of para-hydroxylation sites is 2. The first-order valence-electron chi connectivity index (χ1n) is 10.1. The molecular formula is C23H24N4O2. The molecule has 148 valence electrons. The van der Waals surface area contributed by atoms with Gasteiger partial charge in [0.2, 0.25) is 11.7 Å². The molecule has 0 spiro atoms. The summed E-state index contributed by atoms with van der Waals surface area (Å²) in [5, 5.41) is 0. The SMILES string of the molecule is Cn1c2ccccc2n2c(CCC(=O)N3CCOCC3)c(-c3ccccc3)nc12. The summed E-state index contributed by atoms with van der Waals surface area (Å²) in [5.41, 5.74) is 5.37. The zero-order chi connectivity index (χ0) is 19.8. The van der Waals surface area contributed by atoms with Crippen LogP contribution < -0.4 is 0 Å². The van der Waals surface area contributed by atoms with Gasteiger partial charge < -0.3 is 14.2 Å². The third-order valence-corrected chi connectivity index (χ3v) is 5.73. The average Bonchev–Trinajstić information content (AvgIpc) is 3.29. The van der Waals surface area contributed by atoms with Crippen molar-refractivity contribution in [2.45, 2.75) is 12.8 Å². The monoisotopic (exact) mass is 388 g/mol. The van der Waals surface area contributed by atoms with Crippen molar-refractivity contribution in [3.8, 4) is 11.3 Å². The first-order valence-corrected chi connectivity index (χ1v) is 10.1. The number of aromatic nitrogens is 3. The first kappa shape index (κ1) is 17.9. The van der Waals surface area contributed by atoms with Crippen LogP contribution in [0.3, 0.4) is 0 Å². The second-order valence-corrected chi connectivity index (χ2v) is 7.45. The number of nitrogens with zero attached hydrogens (tertiary/aromatic N) is 4. The Bertz CT molecular complexity index is 1170. The molecule has 0 atom stereocenters. The number of benzene rings is 2. The van der Waals surface area contributed by atoms with E-state index in [-0.39, 0.29) is 5.91 Å². The summed E-state index contributed by atoms with van der Waals surface area (Å²) in [7, 11) is 2.04. The number of aryl methyl sites for hydroxylation is 2. The van der Waals surface area contributed by atoms with Gasteiger partial charge in [-0.1, -0.05) is 42.5 Å². The fourth-order valence-electron chi connectivity index (χ4n) is 4.22. The van der Waals surface area contributed by atoms with Crippen molar-refractivity contribution in [2.24, 2.45) is 7.05 Å². The van der Waals surface area contributed by atoms with Gasteiger partial charge >= 0.3 is 0 Å². The lowest BCUT2D eigenvalue weighted by atomic mass is 10.1. The van der Waals surface area contributed by atoms with E-state index in [1.807, 2.05) is 42.3 Å². The van der Waals surface area contributed by atoms with Crippen molar-refractivity contribution in [1.29, 1.82) is 0 Å². The van der Waals surface area contributed by atoms with Gasteiger partial charge in [-0.25, -0.2) is 4.98 Å². The van der Waals surface area contributed by atoms with Crippen LogP contribution in [-0.4, -0.2) is 51.1 Å². The fourth-order valence-corrected chi connectivity index (χ4v) is 4.22. The Labute approximate surface area is 169 Å². The Morgan fingerprint density at radius 1 is 1.00 bits per heavy atom. The number of morpholine rings is 1. The number of hydrogen-bond donors (Lipinski definition) is 0. The predicted octanol–water partition coefficient (Wildman–Crippen LogP) is 3.28. The van der Waals surface area contributed by atoms with E-state index < -0.39 is 0 Å². The number of imidazole rings is 2. The molecule has 1 fully saturated rings. The lowest BCUT2D eigenvalue weighted by Gasteiger charge is -2.26. The minimum atomic E-state index is 0.183. The molecule has 0 aliphatic carbocycles. The summed E-state index contributed by atoms with van der Waals surface area (Å²) in [6.45, 7) is 2.61. The molecule has 1 aliphatic heterocycles. The molecule has 2 aromatic heterocycles. The topological polar surface area (TPSA) is 51.8 Å². The summed E-state index contributed by atoms with van der Waals surface area (Å²) in [6, 6.07) is 18.5. The van der Waals surface area contributed by atoms with Crippen LogP contribution in [0.4, 0.5) is 0 Å². The Balaban J connectivity index is 1.59. The zero-order valence-electron chi connectivity index (χ0n) is 16.5. The van der Waals surface area contributed by atoms with Gasteiger partial charge in [0.15, 0.2) is 0 Å². The minimum absolute atomic E-state index is 0.183. The van der Waals surface area contributed by atoms with Crippen molar-refractivity contribution >= 4 is 22.7 Å². The largest absolute Gasteiger partial charge is 0.378 e. The number of hydrogen-bond acceptors (Lipinski definition) is 3. The Kier molecular flexibility index (Phi) is 4.56. The van der Waals surface area contributed by atoms with Crippen molar-refractivity contribution in [3.05, 3.63) is 60.3 Å². The maximum Gasteiger partial charge on any atom is 0.223 e. The molecule has 0 saturated carbocycles. The third kappa shape index (κ3) is 3.09. The van der Waals surface area contributed by atoms with Crippen molar-refractivity contribution in [3.63, 3.8) is 0 Å². The number of amides is 1. The van der Waals surface area contributed by atoms with Gasteiger partial charge in [-0.05, 0) is 18.6 Å². The van der Waals surface area contributed by atoms with Gasteiger partial charge in [-0.3, -0.25) is 9.20 Å². The maximum absolute atomic E-state index is 12.8. The normalized spacial score (nSPS) is 14.7. The highest BCUT2D eigenvalue weighted by Crippen LogP contribution is 2.30. The molecule has 0 bridgehead atoms. The average molecular weight is 388 g/mol. The highest BCUT2D eigenvalue weighted by molar-refractivity contribution is 5.84. The number of ether oxygens (including phenoxy) is 1. The van der Waals surface area contributed by atoms with Gasteiger partial charge in [0.1, 0.15) is 0 Å². The zero-order valence-corrected chi connectivity index (χ0v) is 16.5. The van der Waals surface area contributed by atoms with Crippen LogP contribution in [0, 0.1) is 0 Å². The molecular weight excluding hydrogens is 364 g/mol. The molecule has 3 heterocycles. The molecule has 2 aromatic carbocycles. The quantitative estimate of drug-likeness (QED) is 0.539. The summed E-state index contributed by atoms with van der Waals surface area (Å²) in [6.07, 6.45) is 1.12. The summed E-state index contributed by atoms with van der Waals surface area (Å²) in [4.78, 5) is 19.7. The standard InChI is InChI=1S/C23H24N4O2/c1-25-18-9-5-6-10-19(18)27-20(11-12-21(28)26-13-15-29-16-14-26)22(24-23(25)27)17-7-3-2-4-8-17/h2-10H,11-16H2,1H3. The Morgan fingerprint density at radius 2 is 1.69 bits per heavy atom. The van der Waals surface area contributed by atoms with Gasteiger partial charge in [0.05, 0.1) is 35.6 Å². The third-order valence-electron chi connectivity index (χ3n) is 5.73. The summed E-state index contributed by atoms with van der Waals surface area (Å²) in [5.74, 6) is 1.08. The molecule has 1 amide bonds. The molecule has 1 aliphatic rings. The van der Waals surface area contributed by atoms with Crippen molar-refractivity contribution in [2.75, 3.05) is 26.3 Å². The number of carbonyl (C=O) groups excluding carboxylic acids is 1. The van der Waals surface area contributed by atoms with Crippen LogP contribution in [0.5, 0.6) is 0 Å². The molecule has 29 heavy (non-hydrogen) atoms. The van der Waals surface area contributed by atoms with Gasteiger partial charge in [-0.15, -0.1) is 0 Å². The predicted molar refractivity (Wildman–Crippen MR) is 113 cm³/mol. The van der Waals surface area contributed by atoms with Crippen molar-refractivity contribution in [1.82, 2.24) is 18.9 Å². The van der Waals surface area contributed by atoms with Crippen LogP contribution in [0.25, 0.3) is 28.1 Å². The van der Waals surface area contributed by atoms with Gasteiger partial charge in [0.25, 0.3) is 0 Å². The lowest BCUT2D eigenvalue weighted by molar-refractivity contribution is -0.135. The molecule has 4 aromatic rings.